The number of ether oxygens (including phenoxy) is 1. The van der Waals surface area contributed by atoms with Crippen LogP contribution in [0, 0.1) is 0 Å². The minimum atomic E-state index is -0.452. The molecule has 0 radical (unpaired) electrons. The van der Waals surface area contributed by atoms with Crippen molar-refractivity contribution in [1.82, 2.24) is 0 Å². The van der Waals surface area contributed by atoms with E-state index in [1.165, 1.54) is 19.1 Å². The molecule has 0 heterocycles. The highest BCUT2D eigenvalue weighted by atomic mass is 16.5. The summed E-state index contributed by atoms with van der Waals surface area (Å²) in [6, 6.07) is 10.3. The van der Waals surface area contributed by atoms with Crippen molar-refractivity contribution < 1.29 is 9.53 Å². The molecule has 1 aliphatic carbocycles. The molecule has 0 aromatic heterocycles. The molecule has 3 heteroatoms. The lowest BCUT2D eigenvalue weighted by atomic mass is 9.68. The molecule has 0 aliphatic heterocycles. The number of rotatable bonds is 3. The van der Waals surface area contributed by atoms with Crippen LogP contribution in [0.25, 0.3) is 0 Å². The monoisotopic (exact) mass is 247 g/mol. The van der Waals surface area contributed by atoms with Crippen LogP contribution in [-0.4, -0.2) is 18.6 Å². The van der Waals surface area contributed by atoms with Crippen molar-refractivity contribution in [2.75, 3.05) is 7.11 Å². The van der Waals surface area contributed by atoms with Crippen LogP contribution in [0.4, 0.5) is 0 Å². The molecule has 0 spiro atoms. The predicted octanol–water partition coefficient (Wildman–Crippen LogP) is 2.60. The molecule has 0 saturated heterocycles. The van der Waals surface area contributed by atoms with Crippen molar-refractivity contribution in [2.24, 2.45) is 5.73 Å². The van der Waals surface area contributed by atoms with E-state index in [1.54, 1.807) is 0 Å². The highest BCUT2D eigenvalue weighted by Gasteiger charge is 2.39. The Balaban J connectivity index is 2.22. The Morgan fingerprint density at radius 3 is 2.78 bits per heavy atom. The summed E-state index contributed by atoms with van der Waals surface area (Å²) >= 11 is 0. The van der Waals surface area contributed by atoms with E-state index in [0.717, 1.165) is 19.3 Å². The number of esters is 1. The molecule has 2 N–H and O–H groups in total. The maximum atomic E-state index is 11.6. The molecule has 1 aromatic rings. The van der Waals surface area contributed by atoms with E-state index >= 15 is 0 Å². The van der Waals surface area contributed by atoms with E-state index in [-0.39, 0.29) is 11.9 Å². The van der Waals surface area contributed by atoms with Gasteiger partial charge in [-0.15, -0.1) is 0 Å². The fourth-order valence-electron chi connectivity index (χ4n) is 3.00. The van der Waals surface area contributed by atoms with Gasteiger partial charge in [0.05, 0.1) is 13.5 Å². The molecule has 1 saturated carbocycles. The van der Waals surface area contributed by atoms with Crippen LogP contribution in [0.5, 0.6) is 0 Å². The van der Waals surface area contributed by atoms with Gasteiger partial charge in [0.1, 0.15) is 0 Å². The number of carbonyl (C=O) groups is 1. The Morgan fingerprint density at radius 2 is 2.11 bits per heavy atom. The van der Waals surface area contributed by atoms with E-state index in [0.29, 0.717) is 6.42 Å². The van der Waals surface area contributed by atoms with E-state index in [9.17, 15) is 4.79 Å². The van der Waals surface area contributed by atoms with Gasteiger partial charge < -0.3 is 10.5 Å². The first kappa shape index (κ1) is 13.1. The van der Waals surface area contributed by atoms with Gasteiger partial charge in [-0.25, -0.2) is 0 Å². The summed E-state index contributed by atoms with van der Waals surface area (Å²) in [4.78, 5) is 11.6. The van der Waals surface area contributed by atoms with E-state index in [2.05, 4.69) is 12.1 Å². The minimum Gasteiger partial charge on any atom is -0.469 e. The third kappa shape index (κ3) is 2.72. The van der Waals surface area contributed by atoms with Crippen molar-refractivity contribution in [2.45, 2.75) is 43.6 Å². The quantitative estimate of drug-likeness (QED) is 0.835. The van der Waals surface area contributed by atoms with E-state index in [1.807, 2.05) is 18.2 Å². The molecule has 1 aromatic carbocycles. The zero-order valence-electron chi connectivity index (χ0n) is 10.9. The molecular weight excluding hydrogens is 226 g/mol. The van der Waals surface area contributed by atoms with Crippen LogP contribution in [-0.2, 0) is 9.53 Å². The normalized spacial score (nSPS) is 27.8. The predicted molar refractivity (Wildman–Crippen MR) is 71.2 cm³/mol. The molecule has 1 aliphatic rings. The first-order chi connectivity index (χ1) is 8.65. The SMILES string of the molecule is COC(=O)CC1(N)CCCCC1c1ccccc1. The van der Waals surface area contributed by atoms with Crippen LogP contribution >= 0.6 is 0 Å². The lowest BCUT2D eigenvalue weighted by molar-refractivity contribution is -0.142. The molecule has 2 unspecified atom stereocenters. The van der Waals surface area contributed by atoms with Crippen molar-refractivity contribution in [3.05, 3.63) is 35.9 Å². The minimum absolute atomic E-state index is 0.208. The molecule has 0 amide bonds. The lowest BCUT2D eigenvalue weighted by Gasteiger charge is -2.41. The number of hydrogen-bond donors (Lipinski definition) is 1. The van der Waals surface area contributed by atoms with Gasteiger partial charge in [0.2, 0.25) is 0 Å². The first-order valence-electron chi connectivity index (χ1n) is 6.56. The second kappa shape index (κ2) is 5.53. The van der Waals surface area contributed by atoms with Crippen molar-refractivity contribution in [3.63, 3.8) is 0 Å². The molecule has 0 bridgehead atoms. The van der Waals surface area contributed by atoms with Crippen molar-refractivity contribution in [3.8, 4) is 0 Å². The summed E-state index contributed by atoms with van der Waals surface area (Å²) in [5, 5.41) is 0. The molecule has 2 atom stereocenters. The number of methoxy groups -OCH3 is 1. The highest BCUT2D eigenvalue weighted by Crippen LogP contribution is 2.41. The molecule has 98 valence electrons. The fraction of sp³-hybridized carbons (Fsp3) is 0.533. The smallest absolute Gasteiger partial charge is 0.307 e. The summed E-state index contributed by atoms with van der Waals surface area (Å²) in [6.07, 6.45) is 4.53. The second-order valence-electron chi connectivity index (χ2n) is 5.20. The van der Waals surface area contributed by atoms with Gasteiger partial charge in [0.15, 0.2) is 0 Å². The second-order valence-corrected chi connectivity index (χ2v) is 5.20. The van der Waals surface area contributed by atoms with E-state index in [4.69, 9.17) is 10.5 Å². The largest absolute Gasteiger partial charge is 0.469 e. The van der Waals surface area contributed by atoms with Gasteiger partial charge in [0, 0.05) is 11.5 Å². The van der Waals surface area contributed by atoms with E-state index < -0.39 is 5.54 Å². The maximum Gasteiger partial charge on any atom is 0.307 e. The third-order valence-corrected chi connectivity index (χ3v) is 3.98. The maximum absolute atomic E-state index is 11.6. The summed E-state index contributed by atoms with van der Waals surface area (Å²) in [5.41, 5.74) is 7.30. The molecule has 2 rings (SSSR count). The first-order valence-corrected chi connectivity index (χ1v) is 6.56. The van der Waals surface area contributed by atoms with Crippen LogP contribution in [0.15, 0.2) is 30.3 Å². The average molecular weight is 247 g/mol. The van der Waals surface area contributed by atoms with Crippen molar-refractivity contribution in [1.29, 1.82) is 0 Å². The van der Waals surface area contributed by atoms with Crippen LogP contribution < -0.4 is 5.73 Å². The summed E-state index contributed by atoms with van der Waals surface area (Å²) in [6.45, 7) is 0. The van der Waals surface area contributed by atoms with Crippen LogP contribution in [0.2, 0.25) is 0 Å². The van der Waals surface area contributed by atoms with Gasteiger partial charge in [-0.2, -0.15) is 0 Å². The summed E-state index contributed by atoms with van der Waals surface area (Å²) < 4.78 is 4.78. The van der Waals surface area contributed by atoms with Crippen LogP contribution in [0.1, 0.15) is 43.6 Å². The van der Waals surface area contributed by atoms with Gasteiger partial charge in [-0.1, -0.05) is 43.2 Å². The van der Waals surface area contributed by atoms with Gasteiger partial charge in [-0.3, -0.25) is 4.79 Å². The molecular formula is C15H21NO2. The zero-order valence-corrected chi connectivity index (χ0v) is 10.9. The Hall–Kier alpha value is -1.35. The highest BCUT2D eigenvalue weighted by molar-refractivity contribution is 5.71. The van der Waals surface area contributed by atoms with Crippen molar-refractivity contribution >= 4 is 5.97 Å². The zero-order chi connectivity index (χ0) is 13.0. The van der Waals surface area contributed by atoms with Gasteiger partial charge >= 0.3 is 5.97 Å². The fourth-order valence-corrected chi connectivity index (χ4v) is 3.00. The molecule has 1 fully saturated rings. The number of benzene rings is 1. The van der Waals surface area contributed by atoms with Crippen LogP contribution in [0.3, 0.4) is 0 Å². The Labute approximate surface area is 108 Å². The average Bonchev–Trinajstić information content (AvgIpc) is 2.39. The number of carbonyl (C=O) groups excluding carboxylic acids is 1. The standard InChI is InChI=1S/C15H21NO2/c1-18-14(17)11-15(16)10-6-5-9-13(15)12-7-3-2-4-8-12/h2-4,7-8,13H,5-6,9-11,16H2,1H3. The summed E-state index contributed by atoms with van der Waals surface area (Å²) in [7, 11) is 1.42. The topological polar surface area (TPSA) is 52.3 Å². The van der Waals surface area contributed by atoms with Gasteiger partial charge in [0.25, 0.3) is 0 Å². The van der Waals surface area contributed by atoms with Gasteiger partial charge in [-0.05, 0) is 18.4 Å². The Morgan fingerprint density at radius 1 is 1.39 bits per heavy atom. The Kier molecular flexibility index (Phi) is 4.02. The molecule has 18 heavy (non-hydrogen) atoms. The Bertz CT molecular complexity index is 404. The number of hydrogen-bond acceptors (Lipinski definition) is 3. The summed E-state index contributed by atoms with van der Waals surface area (Å²) in [5.74, 6) is 0.0480. The third-order valence-electron chi connectivity index (χ3n) is 3.98. The lowest BCUT2D eigenvalue weighted by Crippen LogP contribution is -2.49. The number of nitrogens with two attached hydrogens (primary N) is 1. The molecule has 3 nitrogen and oxygen atoms in total.